The molecule has 0 spiro atoms. The van der Waals surface area contributed by atoms with Crippen molar-refractivity contribution in [1.82, 2.24) is 15.3 Å². The summed E-state index contributed by atoms with van der Waals surface area (Å²) in [5.74, 6) is -1.29. The first kappa shape index (κ1) is 15.5. The lowest BCUT2D eigenvalue weighted by Crippen LogP contribution is -2.54. The van der Waals surface area contributed by atoms with Gasteiger partial charge in [0, 0.05) is 37.3 Å². The van der Waals surface area contributed by atoms with E-state index in [9.17, 15) is 9.59 Å². The maximum atomic E-state index is 12.1. The minimum atomic E-state index is -0.653. The summed E-state index contributed by atoms with van der Waals surface area (Å²) in [6.07, 6.45) is 0. The van der Waals surface area contributed by atoms with Crippen LogP contribution in [0, 0.1) is 0 Å². The molecule has 6 nitrogen and oxygen atoms in total. The average Bonchev–Trinajstić information content (AvgIpc) is 2.57. The van der Waals surface area contributed by atoms with Gasteiger partial charge in [-0.2, -0.15) is 0 Å². The summed E-state index contributed by atoms with van der Waals surface area (Å²) in [6.45, 7) is 3.16. The molecule has 0 saturated carbocycles. The summed E-state index contributed by atoms with van der Waals surface area (Å²) < 4.78 is 0. The molecule has 120 valence electrons. The average molecular weight is 312 g/mol. The third kappa shape index (κ3) is 3.67. The number of carbonyl (C=O) groups is 2. The first-order valence-corrected chi connectivity index (χ1v) is 7.67. The van der Waals surface area contributed by atoms with Gasteiger partial charge in [-0.1, -0.05) is 36.4 Å². The Bertz CT molecular complexity index is 718. The Labute approximate surface area is 135 Å². The van der Waals surface area contributed by atoms with Crippen molar-refractivity contribution < 1.29 is 9.59 Å². The minimum absolute atomic E-state index is 0.637. The second-order valence-corrected chi connectivity index (χ2v) is 5.71. The number of nitrogens with one attached hydrogen (secondary N) is 2. The maximum Gasteiger partial charge on any atom is 0.323 e. The lowest BCUT2D eigenvalue weighted by molar-refractivity contribution is -0.139. The van der Waals surface area contributed by atoms with Crippen molar-refractivity contribution in [2.24, 2.45) is 0 Å². The molecular weight excluding hydrogens is 292 g/mol. The van der Waals surface area contributed by atoms with Gasteiger partial charge in [0.05, 0.1) is 0 Å². The highest BCUT2D eigenvalue weighted by Crippen LogP contribution is 2.22. The fraction of sp³-hybridized carbons (Fsp3) is 0.294. The molecule has 3 rings (SSSR count). The Morgan fingerprint density at radius 3 is 2.39 bits per heavy atom. The van der Waals surface area contributed by atoms with Crippen molar-refractivity contribution in [3.8, 4) is 0 Å². The molecule has 6 heteroatoms. The summed E-state index contributed by atoms with van der Waals surface area (Å²) in [5.41, 5.74) is 3.30. The largest absolute Gasteiger partial charge is 0.323 e. The molecule has 2 aromatic rings. The van der Waals surface area contributed by atoms with E-state index in [1.54, 1.807) is 11.1 Å². The number of amides is 2. The molecule has 2 N–H and O–H groups in total. The van der Waals surface area contributed by atoms with Crippen LogP contribution < -0.4 is 10.7 Å². The number of benzene rings is 2. The second kappa shape index (κ2) is 6.76. The molecule has 23 heavy (non-hydrogen) atoms. The Hall–Kier alpha value is -2.44. The Morgan fingerprint density at radius 1 is 0.913 bits per heavy atom. The predicted octanol–water partition coefficient (Wildman–Crippen LogP) is 1.06. The van der Waals surface area contributed by atoms with Gasteiger partial charge in [-0.15, -0.1) is 0 Å². The van der Waals surface area contributed by atoms with Crippen LogP contribution in [-0.2, 0) is 9.59 Å². The SMILES string of the molecule is CN1CCN(NC(=O)C(=O)Nc2cccc3ccccc23)CC1. The molecule has 0 atom stereocenters. The van der Waals surface area contributed by atoms with Crippen LogP contribution in [0.15, 0.2) is 42.5 Å². The monoisotopic (exact) mass is 312 g/mol. The molecule has 1 heterocycles. The van der Waals surface area contributed by atoms with E-state index >= 15 is 0 Å². The lowest BCUT2D eigenvalue weighted by Gasteiger charge is -2.32. The van der Waals surface area contributed by atoms with Crippen LogP contribution >= 0.6 is 0 Å². The number of hydrogen-bond donors (Lipinski definition) is 2. The van der Waals surface area contributed by atoms with Gasteiger partial charge in [0.2, 0.25) is 0 Å². The van der Waals surface area contributed by atoms with Crippen molar-refractivity contribution >= 4 is 28.3 Å². The molecule has 2 aromatic carbocycles. The van der Waals surface area contributed by atoms with Crippen LogP contribution in [0.4, 0.5) is 5.69 Å². The first-order valence-electron chi connectivity index (χ1n) is 7.67. The van der Waals surface area contributed by atoms with Crippen LogP contribution in [0.3, 0.4) is 0 Å². The van der Waals surface area contributed by atoms with Gasteiger partial charge in [-0.25, -0.2) is 5.01 Å². The lowest BCUT2D eigenvalue weighted by atomic mass is 10.1. The van der Waals surface area contributed by atoms with E-state index in [4.69, 9.17) is 0 Å². The third-order valence-electron chi connectivity index (χ3n) is 4.01. The third-order valence-corrected chi connectivity index (χ3v) is 4.01. The van der Waals surface area contributed by atoms with Gasteiger partial charge in [0.25, 0.3) is 0 Å². The van der Waals surface area contributed by atoms with E-state index in [1.807, 2.05) is 43.4 Å². The molecule has 0 aliphatic carbocycles. The summed E-state index contributed by atoms with van der Waals surface area (Å²) in [7, 11) is 2.03. The first-order chi connectivity index (χ1) is 11.1. The molecule has 0 unspecified atom stereocenters. The van der Waals surface area contributed by atoms with Gasteiger partial charge >= 0.3 is 11.8 Å². The van der Waals surface area contributed by atoms with E-state index in [0.29, 0.717) is 18.8 Å². The van der Waals surface area contributed by atoms with Crippen LogP contribution in [0.1, 0.15) is 0 Å². The molecule has 0 bridgehead atoms. The molecule has 1 fully saturated rings. The quantitative estimate of drug-likeness (QED) is 0.814. The van der Waals surface area contributed by atoms with Crippen molar-refractivity contribution in [3.63, 3.8) is 0 Å². The fourth-order valence-corrected chi connectivity index (χ4v) is 2.63. The number of hydrogen-bond acceptors (Lipinski definition) is 4. The maximum absolute atomic E-state index is 12.1. The van der Waals surface area contributed by atoms with Crippen molar-refractivity contribution in [2.45, 2.75) is 0 Å². The van der Waals surface area contributed by atoms with Crippen molar-refractivity contribution in [3.05, 3.63) is 42.5 Å². The van der Waals surface area contributed by atoms with Crippen LogP contribution in [0.2, 0.25) is 0 Å². The number of likely N-dealkylation sites (N-methyl/N-ethyl adjacent to an activating group) is 1. The van der Waals surface area contributed by atoms with E-state index in [2.05, 4.69) is 15.6 Å². The number of piperazine rings is 1. The minimum Gasteiger partial charge on any atom is -0.317 e. The molecule has 0 aromatic heterocycles. The Morgan fingerprint density at radius 2 is 1.61 bits per heavy atom. The van der Waals surface area contributed by atoms with Gasteiger partial charge in [0.1, 0.15) is 0 Å². The van der Waals surface area contributed by atoms with Crippen LogP contribution in [-0.4, -0.2) is 54.9 Å². The van der Waals surface area contributed by atoms with Gasteiger partial charge in [-0.05, 0) is 18.5 Å². The molecule has 1 aliphatic rings. The van der Waals surface area contributed by atoms with Crippen LogP contribution in [0.5, 0.6) is 0 Å². The van der Waals surface area contributed by atoms with E-state index < -0.39 is 11.8 Å². The highest BCUT2D eigenvalue weighted by atomic mass is 16.2. The summed E-state index contributed by atoms with van der Waals surface area (Å²) >= 11 is 0. The number of rotatable bonds is 2. The smallest absolute Gasteiger partial charge is 0.317 e. The molecule has 1 saturated heterocycles. The standard InChI is InChI=1S/C17H20N4O2/c1-20-9-11-21(12-10-20)19-17(23)16(22)18-15-8-4-6-13-5-2-3-7-14(13)15/h2-8H,9-12H2,1H3,(H,18,22)(H,19,23). The van der Waals surface area contributed by atoms with Crippen molar-refractivity contribution in [2.75, 3.05) is 38.5 Å². The second-order valence-electron chi connectivity index (χ2n) is 5.71. The summed E-state index contributed by atoms with van der Waals surface area (Å²) in [4.78, 5) is 26.4. The number of hydrazine groups is 1. The number of fused-ring (bicyclic) bond motifs is 1. The number of anilines is 1. The van der Waals surface area contributed by atoms with Crippen molar-refractivity contribution in [1.29, 1.82) is 0 Å². The summed E-state index contributed by atoms with van der Waals surface area (Å²) in [6, 6.07) is 13.4. The van der Waals surface area contributed by atoms with Gasteiger partial charge < -0.3 is 10.2 Å². The van der Waals surface area contributed by atoms with Gasteiger partial charge in [0.15, 0.2) is 0 Å². The normalized spacial score (nSPS) is 16.2. The zero-order valence-electron chi connectivity index (χ0n) is 13.1. The highest BCUT2D eigenvalue weighted by Gasteiger charge is 2.20. The topological polar surface area (TPSA) is 64.7 Å². The highest BCUT2D eigenvalue weighted by molar-refractivity contribution is 6.40. The molecule has 1 aliphatic heterocycles. The van der Waals surface area contributed by atoms with E-state index in [1.165, 1.54) is 0 Å². The summed E-state index contributed by atoms with van der Waals surface area (Å²) in [5, 5.41) is 6.41. The van der Waals surface area contributed by atoms with Crippen LogP contribution in [0.25, 0.3) is 10.8 Å². The molecule has 2 amide bonds. The van der Waals surface area contributed by atoms with E-state index in [-0.39, 0.29) is 0 Å². The fourth-order valence-electron chi connectivity index (χ4n) is 2.63. The van der Waals surface area contributed by atoms with Gasteiger partial charge in [-0.3, -0.25) is 15.0 Å². The molecule has 0 radical (unpaired) electrons. The number of carbonyl (C=O) groups excluding carboxylic acids is 2. The Balaban J connectivity index is 1.65. The Kier molecular flexibility index (Phi) is 4.55. The predicted molar refractivity (Wildman–Crippen MR) is 89.8 cm³/mol. The van der Waals surface area contributed by atoms with E-state index in [0.717, 1.165) is 23.9 Å². The zero-order valence-corrected chi connectivity index (χ0v) is 13.1. The molecular formula is C17H20N4O2. The zero-order chi connectivity index (χ0) is 16.2. The number of nitrogens with zero attached hydrogens (tertiary/aromatic N) is 2.